The van der Waals surface area contributed by atoms with E-state index in [9.17, 15) is 13.2 Å². The second kappa shape index (κ2) is 7.60. The lowest BCUT2D eigenvalue weighted by Crippen LogP contribution is -2.32. The molecule has 0 spiro atoms. The Morgan fingerprint density at radius 3 is 2.65 bits per heavy atom. The van der Waals surface area contributed by atoms with E-state index in [1.807, 2.05) is 32.0 Å². The van der Waals surface area contributed by atoms with Crippen molar-refractivity contribution in [3.8, 4) is 0 Å². The SMILES string of the molecule is Cc1ccc(S(=O)(=O)NCCC(=O)NC2CCc3ccccc32)cc1C. The minimum absolute atomic E-state index is 0.0232. The summed E-state index contributed by atoms with van der Waals surface area (Å²) in [6.07, 6.45) is 1.96. The first kappa shape index (κ1) is 18.6. The highest BCUT2D eigenvalue weighted by Gasteiger charge is 2.23. The van der Waals surface area contributed by atoms with Gasteiger partial charge in [0.25, 0.3) is 0 Å². The third-order valence-electron chi connectivity index (χ3n) is 4.90. The van der Waals surface area contributed by atoms with Crippen molar-refractivity contribution in [3.05, 3.63) is 64.7 Å². The van der Waals surface area contributed by atoms with Crippen LogP contribution in [-0.4, -0.2) is 20.9 Å². The first-order valence-corrected chi connectivity index (χ1v) is 10.3. The molecule has 1 atom stereocenters. The van der Waals surface area contributed by atoms with Crippen molar-refractivity contribution in [1.82, 2.24) is 10.0 Å². The number of nitrogens with one attached hydrogen (secondary N) is 2. The zero-order valence-corrected chi connectivity index (χ0v) is 15.9. The van der Waals surface area contributed by atoms with Crippen LogP contribution in [0.3, 0.4) is 0 Å². The van der Waals surface area contributed by atoms with E-state index in [-0.39, 0.29) is 29.8 Å². The number of aryl methyl sites for hydroxylation is 3. The maximum absolute atomic E-state index is 12.3. The molecule has 0 aromatic heterocycles. The van der Waals surface area contributed by atoms with Gasteiger partial charge in [0.15, 0.2) is 0 Å². The quantitative estimate of drug-likeness (QED) is 0.819. The lowest BCUT2D eigenvalue weighted by Gasteiger charge is -2.14. The maximum atomic E-state index is 12.3. The molecule has 0 aliphatic heterocycles. The standard InChI is InChI=1S/C20H24N2O3S/c1-14-7-9-17(13-15(14)2)26(24,25)21-12-11-20(23)22-19-10-8-16-5-3-4-6-18(16)19/h3-7,9,13,19,21H,8,10-12H2,1-2H3,(H,22,23). The number of hydrogen-bond donors (Lipinski definition) is 2. The van der Waals surface area contributed by atoms with Crippen LogP contribution in [0, 0.1) is 13.8 Å². The van der Waals surface area contributed by atoms with Crippen molar-refractivity contribution in [1.29, 1.82) is 0 Å². The van der Waals surface area contributed by atoms with Gasteiger partial charge >= 0.3 is 0 Å². The number of fused-ring (bicyclic) bond motifs is 1. The average molecular weight is 372 g/mol. The minimum atomic E-state index is -3.60. The monoisotopic (exact) mass is 372 g/mol. The molecule has 0 heterocycles. The molecule has 5 nitrogen and oxygen atoms in total. The van der Waals surface area contributed by atoms with Gasteiger partial charge < -0.3 is 5.32 Å². The second-order valence-electron chi connectivity index (χ2n) is 6.75. The number of amides is 1. The molecule has 1 amide bonds. The summed E-state index contributed by atoms with van der Waals surface area (Å²) >= 11 is 0. The van der Waals surface area contributed by atoms with E-state index in [0.717, 1.165) is 29.5 Å². The highest BCUT2D eigenvalue weighted by molar-refractivity contribution is 7.89. The summed E-state index contributed by atoms with van der Waals surface area (Å²) < 4.78 is 27.2. The number of sulfonamides is 1. The summed E-state index contributed by atoms with van der Waals surface area (Å²) in [6.45, 7) is 3.89. The Kier molecular flexibility index (Phi) is 5.44. The van der Waals surface area contributed by atoms with Crippen molar-refractivity contribution in [2.45, 2.75) is 44.0 Å². The summed E-state index contributed by atoms with van der Waals surface area (Å²) in [5.41, 5.74) is 4.40. The van der Waals surface area contributed by atoms with E-state index in [1.54, 1.807) is 18.2 Å². The molecule has 0 radical (unpaired) electrons. The van der Waals surface area contributed by atoms with E-state index in [1.165, 1.54) is 5.56 Å². The Morgan fingerprint density at radius 2 is 1.88 bits per heavy atom. The number of carbonyl (C=O) groups is 1. The van der Waals surface area contributed by atoms with Gasteiger partial charge in [0.2, 0.25) is 15.9 Å². The molecule has 26 heavy (non-hydrogen) atoms. The molecule has 1 aliphatic carbocycles. The van der Waals surface area contributed by atoms with Crippen molar-refractivity contribution in [2.24, 2.45) is 0 Å². The lowest BCUT2D eigenvalue weighted by atomic mass is 10.1. The van der Waals surface area contributed by atoms with Crippen LogP contribution in [0.2, 0.25) is 0 Å². The highest BCUT2D eigenvalue weighted by atomic mass is 32.2. The maximum Gasteiger partial charge on any atom is 0.240 e. The molecule has 0 saturated heterocycles. The summed E-state index contributed by atoms with van der Waals surface area (Å²) in [6, 6.07) is 13.1. The average Bonchev–Trinajstić information content (AvgIpc) is 3.00. The van der Waals surface area contributed by atoms with Crippen LogP contribution in [0.25, 0.3) is 0 Å². The number of hydrogen-bond acceptors (Lipinski definition) is 3. The molecule has 6 heteroatoms. The van der Waals surface area contributed by atoms with Gasteiger partial charge in [-0.25, -0.2) is 13.1 Å². The molecule has 2 aromatic rings. The molecule has 0 fully saturated rings. The van der Waals surface area contributed by atoms with Crippen LogP contribution >= 0.6 is 0 Å². The Balaban J connectivity index is 1.53. The molecule has 1 aliphatic rings. The Morgan fingerprint density at radius 1 is 1.12 bits per heavy atom. The molecule has 2 N–H and O–H groups in total. The zero-order valence-electron chi connectivity index (χ0n) is 15.1. The molecule has 3 rings (SSSR count). The van der Waals surface area contributed by atoms with E-state index in [2.05, 4.69) is 16.1 Å². The Bertz CT molecular complexity index is 922. The first-order valence-electron chi connectivity index (χ1n) is 8.81. The van der Waals surface area contributed by atoms with Gasteiger partial charge in [-0.05, 0) is 61.1 Å². The normalized spacial score (nSPS) is 16.3. The molecule has 1 unspecified atom stereocenters. The van der Waals surface area contributed by atoms with Gasteiger partial charge in [0.1, 0.15) is 0 Å². The number of rotatable bonds is 6. The predicted octanol–water partition coefficient (Wildman–Crippen LogP) is 2.78. The minimum Gasteiger partial charge on any atom is -0.349 e. The van der Waals surface area contributed by atoms with Crippen molar-refractivity contribution >= 4 is 15.9 Å². The largest absolute Gasteiger partial charge is 0.349 e. The second-order valence-corrected chi connectivity index (χ2v) is 8.52. The van der Waals surface area contributed by atoms with Gasteiger partial charge in [-0.1, -0.05) is 30.3 Å². The summed E-state index contributed by atoms with van der Waals surface area (Å²) in [5, 5.41) is 3.00. The highest BCUT2D eigenvalue weighted by Crippen LogP contribution is 2.30. The van der Waals surface area contributed by atoms with Crippen LogP contribution < -0.4 is 10.0 Å². The fourth-order valence-electron chi connectivity index (χ4n) is 3.24. The van der Waals surface area contributed by atoms with Crippen LogP contribution in [0.5, 0.6) is 0 Å². The summed E-state index contributed by atoms with van der Waals surface area (Å²) in [7, 11) is -3.60. The van der Waals surface area contributed by atoms with E-state index >= 15 is 0 Å². The van der Waals surface area contributed by atoms with Crippen molar-refractivity contribution in [3.63, 3.8) is 0 Å². The van der Waals surface area contributed by atoms with Gasteiger partial charge in [0, 0.05) is 13.0 Å². The lowest BCUT2D eigenvalue weighted by molar-refractivity contribution is -0.121. The van der Waals surface area contributed by atoms with Crippen molar-refractivity contribution < 1.29 is 13.2 Å². The molecule has 0 bridgehead atoms. The van der Waals surface area contributed by atoms with Crippen LogP contribution in [0.1, 0.15) is 41.1 Å². The van der Waals surface area contributed by atoms with Crippen LogP contribution in [0.4, 0.5) is 0 Å². The Labute approximate surface area is 154 Å². The number of benzene rings is 2. The summed E-state index contributed by atoms with van der Waals surface area (Å²) in [5.74, 6) is -0.144. The topological polar surface area (TPSA) is 75.3 Å². The Hall–Kier alpha value is -2.18. The smallest absolute Gasteiger partial charge is 0.240 e. The van der Waals surface area contributed by atoms with E-state index in [4.69, 9.17) is 0 Å². The van der Waals surface area contributed by atoms with Gasteiger partial charge in [0.05, 0.1) is 10.9 Å². The molecule has 0 saturated carbocycles. The summed E-state index contributed by atoms with van der Waals surface area (Å²) in [4.78, 5) is 12.4. The third-order valence-corrected chi connectivity index (χ3v) is 6.36. The van der Waals surface area contributed by atoms with Gasteiger partial charge in [-0.15, -0.1) is 0 Å². The van der Waals surface area contributed by atoms with Crippen molar-refractivity contribution in [2.75, 3.05) is 6.54 Å². The van der Waals surface area contributed by atoms with E-state index < -0.39 is 10.0 Å². The van der Waals surface area contributed by atoms with Crippen LogP contribution in [-0.2, 0) is 21.2 Å². The first-order chi connectivity index (χ1) is 12.4. The third kappa shape index (κ3) is 4.14. The molecule has 138 valence electrons. The molecular weight excluding hydrogens is 348 g/mol. The van der Waals surface area contributed by atoms with Gasteiger partial charge in [-0.2, -0.15) is 0 Å². The number of carbonyl (C=O) groups excluding carboxylic acids is 1. The zero-order chi connectivity index (χ0) is 18.7. The van der Waals surface area contributed by atoms with Crippen LogP contribution in [0.15, 0.2) is 47.4 Å². The molecule has 2 aromatic carbocycles. The fraction of sp³-hybridized carbons (Fsp3) is 0.350. The van der Waals surface area contributed by atoms with Gasteiger partial charge in [-0.3, -0.25) is 4.79 Å². The fourth-order valence-corrected chi connectivity index (χ4v) is 4.35. The molecular formula is C20H24N2O3S. The predicted molar refractivity (Wildman–Crippen MR) is 101 cm³/mol. The van der Waals surface area contributed by atoms with E-state index in [0.29, 0.717) is 0 Å².